The van der Waals surface area contributed by atoms with Crippen LogP contribution >= 0.6 is 0 Å². The predicted molar refractivity (Wildman–Crippen MR) is 139 cm³/mol. The number of rotatable bonds is 12. The average molecular weight is 509 g/mol. The topological polar surface area (TPSA) is 160 Å². The van der Waals surface area contributed by atoms with Gasteiger partial charge in [0, 0.05) is 5.92 Å². The zero-order valence-corrected chi connectivity index (χ0v) is 20.9. The number of hydrogen-bond acceptors (Lipinski definition) is 5. The van der Waals surface area contributed by atoms with Gasteiger partial charge < -0.3 is 20.1 Å². The van der Waals surface area contributed by atoms with Crippen molar-refractivity contribution in [3.8, 4) is 11.1 Å². The fraction of sp³-hybridized carbons (Fsp3) is 0.333. The largest absolute Gasteiger partial charge is 0.467 e. The molecule has 196 valence electrons. The van der Waals surface area contributed by atoms with Gasteiger partial charge in [0.25, 0.3) is 0 Å². The highest BCUT2D eigenvalue weighted by atomic mass is 16.5. The number of benzene rings is 2. The van der Waals surface area contributed by atoms with Crippen molar-refractivity contribution < 1.29 is 28.8 Å². The van der Waals surface area contributed by atoms with Crippen LogP contribution in [0.3, 0.4) is 0 Å². The first-order chi connectivity index (χ1) is 17.8. The number of alkyl carbamates (subject to hydrolysis) is 1. The normalized spacial score (nSPS) is 13.3. The maximum absolute atomic E-state index is 13.0. The molecule has 0 heterocycles. The quantitative estimate of drug-likeness (QED) is 0.0904. The van der Waals surface area contributed by atoms with Crippen LogP contribution in [0.15, 0.2) is 61.2 Å². The summed E-state index contributed by atoms with van der Waals surface area (Å²) < 4.78 is 10.3. The number of carbonyl (C=O) groups is 3. The molecule has 2 aromatic carbocycles. The first-order valence-electron chi connectivity index (χ1n) is 12.1. The van der Waals surface area contributed by atoms with Gasteiger partial charge in [0.2, 0.25) is 5.91 Å². The summed E-state index contributed by atoms with van der Waals surface area (Å²) in [6.07, 6.45) is 1.65. The molecule has 0 spiro atoms. The molecule has 2 aromatic rings. The summed E-state index contributed by atoms with van der Waals surface area (Å²) in [5.74, 6) is -1.22. The zero-order chi connectivity index (χ0) is 26.8. The average Bonchev–Trinajstić information content (AvgIpc) is 3.22. The third kappa shape index (κ3) is 7.09. The molecule has 0 aliphatic heterocycles. The van der Waals surface area contributed by atoms with Crippen molar-refractivity contribution in [1.82, 2.24) is 10.6 Å². The second-order valence-electron chi connectivity index (χ2n) is 8.66. The Labute approximate surface area is 216 Å². The summed E-state index contributed by atoms with van der Waals surface area (Å²) in [7, 11) is 1.23. The molecule has 1 aliphatic carbocycles. The first kappa shape index (κ1) is 27.3. The van der Waals surface area contributed by atoms with E-state index in [4.69, 9.17) is 20.9 Å². The van der Waals surface area contributed by atoms with Gasteiger partial charge in [0.05, 0.1) is 13.7 Å². The number of nitrogens with one attached hydrogen (secondary N) is 3. The van der Waals surface area contributed by atoms with Crippen molar-refractivity contribution in [1.29, 1.82) is 0 Å². The number of hydrogen-bond donors (Lipinski definition) is 5. The van der Waals surface area contributed by atoms with Gasteiger partial charge in [-0.1, -0.05) is 54.6 Å². The minimum Gasteiger partial charge on any atom is -0.467 e. The van der Waals surface area contributed by atoms with E-state index in [1.54, 1.807) is 0 Å². The van der Waals surface area contributed by atoms with Gasteiger partial charge in [-0.3, -0.25) is 21.3 Å². The molecule has 2 amide bonds. The molecular formula is C27H34N5O5+. The van der Waals surface area contributed by atoms with Crippen LogP contribution in [0.25, 0.3) is 11.1 Å². The molecule has 3 rings (SSSR count). The smallest absolute Gasteiger partial charge is 0.407 e. The van der Waals surface area contributed by atoms with Crippen LogP contribution in [-0.4, -0.2) is 56.3 Å². The van der Waals surface area contributed by atoms with Crippen LogP contribution in [-0.2, 0) is 19.1 Å². The number of ether oxygens (including phenoxy) is 2. The number of carbonyl (C=O) groups excluding carboxylic acids is 3. The Hall–Kier alpha value is -4.34. The molecule has 0 radical (unpaired) electrons. The van der Waals surface area contributed by atoms with Crippen LogP contribution < -0.4 is 27.1 Å². The summed E-state index contributed by atoms with van der Waals surface area (Å²) in [4.78, 5) is 40.6. The molecule has 10 heteroatoms. The van der Waals surface area contributed by atoms with Gasteiger partial charge >= 0.3 is 18.0 Å². The predicted octanol–water partition coefficient (Wildman–Crippen LogP) is 0.262. The van der Waals surface area contributed by atoms with Crippen molar-refractivity contribution >= 4 is 23.9 Å². The molecule has 7 N–H and O–H groups in total. The molecule has 0 aromatic heterocycles. The van der Waals surface area contributed by atoms with E-state index in [2.05, 4.69) is 34.3 Å². The Balaban J connectivity index is 1.67. The molecule has 37 heavy (non-hydrogen) atoms. The first-order valence-corrected chi connectivity index (χ1v) is 12.1. The summed E-state index contributed by atoms with van der Waals surface area (Å²) in [5, 5.41) is 5.25. The number of fused-ring (bicyclic) bond motifs is 3. The highest BCUT2D eigenvalue weighted by Gasteiger charge is 2.30. The van der Waals surface area contributed by atoms with Gasteiger partial charge in [-0.15, -0.1) is 6.58 Å². The van der Waals surface area contributed by atoms with Crippen molar-refractivity contribution in [2.45, 2.75) is 37.3 Å². The third-order valence-corrected chi connectivity index (χ3v) is 6.16. The van der Waals surface area contributed by atoms with E-state index in [9.17, 15) is 14.4 Å². The highest BCUT2D eigenvalue weighted by Crippen LogP contribution is 2.44. The SMILES string of the molecule is C=CC[C@H](NC(=O)[C@H](CCC[NH+]=C(N)N)NC(=O)OCC1c2ccccc2-c2ccccc21)C(=O)OC. The Kier molecular flexibility index (Phi) is 9.65. The Bertz CT molecular complexity index is 1120. The summed E-state index contributed by atoms with van der Waals surface area (Å²) in [5.41, 5.74) is 15.2. The van der Waals surface area contributed by atoms with Crippen molar-refractivity contribution in [3.05, 3.63) is 72.3 Å². The fourth-order valence-corrected chi connectivity index (χ4v) is 4.39. The zero-order valence-electron chi connectivity index (χ0n) is 20.9. The minimum absolute atomic E-state index is 0.0576. The van der Waals surface area contributed by atoms with Crippen molar-refractivity contribution in [3.63, 3.8) is 0 Å². The number of amides is 2. The van der Waals surface area contributed by atoms with E-state index >= 15 is 0 Å². The molecule has 10 nitrogen and oxygen atoms in total. The summed E-state index contributed by atoms with van der Waals surface area (Å²) in [6, 6.07) is 14.1. The van der Waals surface area contributed by atoms with Crippen LogP contribution in [0.2, 0.25) is 0 Å². The fourth-order valence-electron chi connectivity index (χ4n) is 4.39. The monoisotopic (exact) mass is 508 g/mol. The maximum atomic E-state index is 13.0. The van der Waals surface area contributed by atoms with Gasteiger partial charge in [-0.2, -0.15) is 0 Å². The van der Waals surface area contributed by atoms with Crippen LogP contribution in [0.1, 0.15) is 36.3 Å². The number of esters is 1. The van der Waals surface area contributed by atoms with Crippen LogP contribution in [0.5, 0.6) is 0 Å². The van der Waals surface area contributed by atoms with Gasteiger partial charge in [-0.05, 0) is 41.5 Å². The lowest BCUT2D eigenvalue weighted by Gasteiger charge is -2.22. The second-order valence-corrected chi connectivity index (χ2v) is 8.66. The second kappa shape index (κ2) is 13.1. The summed E-state index contributed by atoms with van der Waals surface area (Å²) >= 11 is 0. The molecule has 0 unspecified atom stereocenters. The molecule has 0 fully saturated rings. The molecule has 0 saturated carbocycles. The van der Waals surface area contributed by atoms with E-state index in [0.29, 0.717) is 13.0 Å². The molecule has 0 saturated heterocycles. The molecule has 1 aliphatic rings. The van der Waals surface area contributed by atoms with E-state index in [0.717, 1.165) is 22.3 Å². The van der Waals surface area contributed by atoms with E-state index in [-0.39, 0.29) is 31.3 Å². The van der Waals surface area contributed by atoms with Crippen molar-refractivity contribution in [2.75, 3.05) is 20.3 Å². The lowest BCUT2D eigenvalue weighted by molar-refractivity contribution is -0.459. The van der Waals surface area contributed by atoms with Crippen molar-refractivity contribution in [2.24, 2.45) is 11.5 Å². The molecular weight excluding hydrogens is 474 g/mol. The van der Waals surface area contributed by atoms with Gasteiger partial charge in [0.15, 0.2) is 0 Å². The summed E-state index contributed by atoms with van der Waals surface area (Å²) in [6.45, 7) is 4.11. The van der Waals surface area contributed by atoms with E-state index in [1.807, 2.05) is 36.4 Å². The number of nitrogens with two attached hydrogens (primary N) is 2. The minimum atomic E-state index is -0.964. The van der Waals surface area contributed by atoms with E-state index < -0.39 is 30.1 Å². The van der Waals surface area contributed by atoms with E-state index in [1.165, 1.54) is 13.2 Å². The van der Waals surface area contributed by atoms with Gasteiger partial charge in [0.1, 0.15) is 18.7 Å². The molecule has 0 bridgehead atoms. The Morgan fingerprint density at radius 2 is 1.65 bits per heavy atom. The Morgan fingerprint density at radius 3 is 2.22 bits per heavy atom. The number of methoxy groups -OCH3 is 1. The maximum Gasteiger partial charge on any atom is 0.407 e. The Morgan fingerprint density at radius 1 is 1.03 bits per heavy atom. The number of guanidine groups is 1. The van der Waals surface area contributed by atoms with Crippen LogP contribution in [0, 0.1) is 0 Å². The lowest BCUT2D eigenvalue weighted by Crippen LogP contribution is -2.78. The van der Waals surface area contributed by atoms with Gasteiger partial charge in [-0.25, -0.2) is 9.59 Å². The van der Waals surface area contributed by atoms with Crippen LogP contribution in [0.4, 0.5) is 4.79 Å². The third-order valence-electron chi connectivity index (χ3n) is 6.16. The molecule has 2 atom stereocenters. The highest BCUT2D eigenvalue weighted by molar-refractivity contribution is 5.89. The lowest BCUT2D eigenvalue weighted by atomic mass is 9.98. The standard InChI is InChI=1S/C27H33N5O5/c1-3-9-23(25(34)36-2)31-24(33)22(14-8-15-30-26(28)29)32-27(35)37-16-21-19-12-6-4-10-17(19)18-11-5-7-13-20(18)21/h3-7,10-13,21-23H,1,8-9,14-16H2,2H3,(H,31,33)(H,32,35)(H4,28,29,30)/p+1/t22-,23-/m0/s1.